The SMILES string of the molecule is Cc1cc(C)cc(C(C(=O)NC(Cc2ccccc2)C(=O)OC(C)(C)C)N(C(=O)C(CC(N)=O)NC(=O)OC(C)(C)C)C2CC2C)c1. The zero-order valence-corrected chi connectivity index (χ0v) is 29.0. The topological polar surface area (TPSA) is 157 Å². The van der Waals surface area contributed by atoms with Gasteiger partial charge in [-0.2, -0.15) is 0 Å². The van der Waals surface area contributed by atoms with E-state index in [-0.39, 0.29) is 18.4 Å². The van der Waals surface area contributed by atoms with E-state index in [4.69, 9.17) is 15.2 Å². The Labute approximate surface area is 277 Å². The average Bonchev–Trinajstić information content (AvgIpc) is 3.63. The highest BCUT2D eigenvalue weighted by Crippen LogP contribution is 2.41. The fraction of sp³-hybridized carbons (Fsp3) is 0.528. The van der Waals surface area contributed by atoms with E-state index < -0.39 is 65.5 Å². The molecule has 0 aliphatic heterocycles. The largest absolute Gasteiger partial charge is 0.458 e. The summed E-state index contributed by atoms with van der Waals surface area (Å²) in [5, 5.41) is 5.41. The van der Waals surface area contributed by atoms with E-state index in [2.05, 4.69) is 10.6 Å². The van der Waals surface area contributed by atoms with E-state index in [1.165, 1.54) is 4.90 Å². The number of rotatable bonds is 12. The van der Waals surface area contributed by atoms with Gasteiger partial charge in [0.05, 0.1) is 6.42 Å². The van der Waals surface area contributed by atoms with Crippen molar-refractivity contribution in [2.75, 3.05) is 0 Å². The van der Waals surface area contributed by atoms with Gasteiger partial charge in [0.15, 0.2) is 0 Å². The minimum atomic E-state index is -1.40. The van der Waals surface area contributed by atoms with Gasteiger partial charge in [-0.15, -0.1) is 0 Å². The van der Waals surface area contributed by atoms with Crippen molar-refractivity contribution in [1.29, 1.82) is 0 Å². The highest BCUT2D eigenvalue weighted by atomic mass is 16.6. The van der Waals surface area contributed by atoms with Gasteiger partial charge in [0.1, 0.15) is 29.3 Å². The lowest BCUT2D eigenvalue weighted by Gasteiger charge is -2.36. The Bertz CT molecular complexity index is 1440. The van der Waals surface area contributed by atoms with Gasteiger partial charge in [-0.3, -0.25) is 14.4 Å². The Morgan fingerprint density at radius 1 is 0.872 bits per heavy atom. The van der Waals surface area contributed by atoms with Gasteiger partial charge in [0, 0.05) is 12.5 Å². The van der Waals surface area contributed by atoms with Crippen molar-refractivity contribution in [3.05, 3.63) is 70.8 Å². The molecule has 5 atom stereocenters. The summed E-state index contributed by atoms with van der Waals surface area (Å²) in [5.41, 5.74) is 6.90. The van der Waals surface area contributed by atoms with E-state index >= 15 is 0 Å². The Morgan fingerprint density at radius 3 is 1.91 bits per heavy atom. The van der Waals surface area contributed by atoms with E-state index in [1.54, 1.807) is 41.5 Å². The first kappa shape index (κ1) is 37.1. The lowest BCUT2D eigenvalue weighted by Crippen LogP contribution is -2.56. The van der Waals surface area contributed by atoms with Crippen LogP contribution in [0.4, 0.5) is 4.79 Å². The van der Waals surface area contributed by atoms with Gasteiger partial charge < -0.3 is 30.7 Å². The van der Waals surface area contributed by atoms with Crippen LogP contribution in [-0.4, -0.2) is 64.0 Å². The number of carbonyl (C=O) groups is 5. The van der Waals surface area contributed by atoms with Crippen molar-refractivity contribution in [1.82, 2.24) is 15.5 Å². The number of esters is 1. The highest BCUT2D eigenvalue weighted by Gasteiger charge is 2.49. The molecule has 2 aromatic rings. The van der Waals surface area contributed by atoms with E-state index in [0.717, 1.165) is 16.7 Å². The van der Waals surface area contributed by atoms with Gasteiger partial charge in [-0.25, -0.2) is 9.59 Å². The Balaban J connectivity index is 2.10. The van der Waals surface area contributed by atoms with Crippen LogP contribution in [0, 0.1) is 19.8 Å². The molecule has 2 aromatic carbocycles. The first-order chi connectivity index (χ1) is 21.7. The van der Waals surface area contributed by atoms with Crippen molar-refractivity contribution in [2.24, 2.45) is 11.7 Å². The molecule has 1 saturated carbocycles. The zero-order valence-electron chi connectivity index (χ0n) is 29.0. The lowest BCUT2D eigenvalue weighted by molar-refractivity contribution is -0.159. The normalized spacial score (nSPS) is 17.8. The minimum Gasteiger partial charge on any atom is -0.458 e. The van der Waals surface area contributed by atoms with Crippen LogP contribution in [0.1, 0.15) is 89.6 Å². The molecule has 0 aromatic heterocycles. The Hall–Kier alpha value is -4.41. The zero-order chi connectivity index (χ0) is 35.3. The number of hydrogen-bond donors (Lipinski definition) is 3. The molecular weight excluding hydrogens is 600 g/mol. The van der Waals surface area contributed by atoms with Gasteiger partial charge in [-0.1, -0.05) is 66.6 Å². The van der Waals surface area contributed by atoms with Crippen LogP contribution in [0.3, 0.4) is 0 Å². The number of carbonyl (C=O) groups excluding carboxylic acids is 5. The van der Waals surface area contributed by atoms with Crippen LogP contribution in [0.15, 0.2) is 48.5 Å². The number of nitrogens with zero attached hydrogens (tertiary/aromatic N) is 1. The molecule has 0 spiro atoms. The monoisotopic (exact) mass is 650 g/mol. The molecule has 0 heterocycles. The highest BCUT2D eigenvalue weighted by molar-refractivity contribution is 5.96. The second-order valence-electron chi connectivity index (χ2n) is 14.5. The van der Waals surface area contributed by atoms with E-state index in [9.17, 15) is 24.0 Å². The summed E-state index contributed by atoms with van der Waals surface area (Å²) in [6.45, 7) is 16.0. The number of ether oxygens (including phenoxy) is 2. The number of hydrogen-bond acceptors (Lipinski definition) is 7. The van der Waals surface area contributed by atoms with Crippen LogP contribution in [-0.2, 0) is 35.1 Å². The number of aryl methyl sites for hydroxylation is 2. The minimum absolute atomic E-state index is 0.0295. The quantitative estimate of drug-likeness (QED) is 0.287. The average molecular weight is 651 g/mol. The van der Waals surface area contributed by atoms with Crippen molar-refractivity contribution < 1.29 is 33.4 Å². The summed E-state index contributed by atoms with van der Waals surface area (Å²) in [4.78, 5) is 68.9. The number of alkyl carbamates (subject to hydrolysis) is 1. The maximum absolute atomic E-state index is 14.6. The molecule has 1 aliphatic rings. The number of nitrogens with two attached hydrogens (primary N) is 1. The third-order valence-electron chi connectivity index (χ3n) is 7.45. The lowest BCUT2D eigenvalue weighted by atomic mass is 9.97. The van der Waals surface area contributed by atoms with Crippen LogP contribution < -0.4 is 16.4 Å². The van der Waals surface area contributed by atoms with E-state index in [1.807, 2.05) is 69.3 Å². The molecular formula is C36H50N4O7. The summed E-state index contributed by atoms with van der Waals surface area (Å²) < 4.78 is 11.1. The summed E-state index contributed by atoms with van der Waals surface area (Å²) in [6, 6.07) is 10.7. The molecule has 4 amide bonds. The maximum atomic E-state index is 14.6. The van der Waals surface area contributed by atoms with Crippen molar-refractivity contribution in [3.8, 4) is 0 Å². The molecule has 256 valence electrons. The van der Waals surface area contributed by atoms with Crippen molar-refractivity contribution in [3.63, 3.8) is 0 Å². The summed E-state index contributed by atoms with van der Waals surface area (Å²) >= 11 is 0. The third kappa shape index (κ3) is 11.4. The van der Waals surface area contributed by atoms with Crippen LogP contribution in [0.25, 0.3) is 0 Å². The number of amides is 4. The second-order valence-corrected chi connectivity index (χ2v) is 14.5. The van der Waals surface area contributed by atoms with Crippen LogP contribution in [0.5, 0.6) is 0 Å². The number of nitrogens with one attached hydrogen (secondary N) is 2. The van der Waals surface area contributed by atoms with Crippen molar-refractivity contribution in [2.45, 2.75) is 117 Å². The molecule has 0 saturated heterocycles. The van der Waals surface area contributed by atoms with Gasteiger partial charge in [-0.05, 0) is 78.9 Å². The number of benzene rings is 2. The first-order valence-corrected chi connectivity index (χ1v) is 16.0. The van der Waals surface area contributed by atoms with Crippen LogP contribution >= 0.6 is 0 Å². The molecule has 0 radical (unpaired) electrons. The van der Waals surface area contributed by atoms with Gasteiger partial charge in [0.2, 0.25) is 17.7 Å². The Kier molecular flexibility index (Phi) is 11.8. The molecule has 11 nitrogen and oxygen atoms in total. The second kappa shape index (κ2) is 15.0. The molecule has 0 bridgehead atoms. The van der Waals surface area contributed by atoms with E-state index in [0.29, 0.717) is 12.0 Å². The summed E-state index contributed by atoms with van der Waals surface area (Å²) in [5.74, 6) is -2.68. The molecule has 4 N–H and O–H groups in total. The molecule has 11 heteroatoms. The standard InChI is InChI=1S/C36H50N4O7/c1-21-15-22(2)17-25(16-21)30(31(42)38-27(33(44)46-35(4,5)6)19-24-13-11-10-12-14-24)40(28-18-23(28)3)32(43)26(20-29(37)41)39-34(45)47-36(7,8)9/h10-17,23,26-28,30H,18-20H2,1-9H3,(H2,37,41)(H,38,42)(H,39,45). The van der Waals surface area contributed by atoms with Crippen molar-refractivity contribution >= 4 is 29.8 Å². The number of primary amides is 1. The predicted molar refractivity (Wildman–Crippen MR) is 178 cm³/mol. The Morgan fingerprint density at radius 2 is 1.43 bits per heavy atom. The smallest absolute Gasteiger partial charge is 0.408 e. The first-order valence-electron chi connectivity index (χ1n) is 16.0. The predicted octanol–water partition coefficient (Wildman–Crippen LogP) is 4.42. The molecule has 3 rings (SSSR count). The maximum Gasteiger partial charge on any atom is 0.408 e. The summed E-state index contributed by atoms with van der Waals surface area (Å²) in [6.07, 6.45) is -0.665. The molecule has 47 heavy (non-hydrogen) atoms. The molecule has 5 unspecified atom stereocenters. The molecule has 1 fully saturated rings. The van der Waals surface area contributed by atoms with Gasteiger partial charge >= 0.3 is 12.1 Å². The fourth-order valence-electron chi connectivity index (χ4n) is 5.48. The van der Waals surface area contributed by atoms with Gasteiger partial charge in [0.25, 0.3) is 0 Å². The third-order valence-corrected chi connectivity index (χ3v) is 7.45. The summed E-state index contributed by atoms with van der Waals surface area (Å²) in [7, 11) is 0. The molecule has 1 aliphatic carbocycles. The fourth-order valence-corrected chi connectivity index (χ4v) is 5.48. The van der Waals surface area contributed by atoms with Crippen LogP contribution in [0.2, 0.25) is 0 Å².